The predicted molar refractivity (Wildman–Crippen MR) is 54.1 cm³/mol. The Morgan fingerprint density at radius 1 is 1.33 bits per heavy atom. The van der Waals surface area contributed by atoms with E-state index in [1.54, 1.807) is 0 Å². The van der Waals surface area contributed by atoms with Gasteiger partial charge in [-0.05, 0) is 12.3 Å². The van der Waals surface area contributed by atoms with Gasteiger partial charge in [0, 0.05) is 12.5 Å². The quantitative estimate of drug-likeness (QED) is 0.480. The van der Waals surface area contributed by atoms with Crippen LogP contribution in [0.15, 0.2) is 12.2 Å². The zero-order valence-corrected chi connectivity index (χ0v) is 8.59. The summed E-state index contributed by atoms with van der Waals surface area (Å²) >= 11 is 0. The fourth-order valence-corrected chi connectivity index (χ4v) is 1.09. The standard InChI is InChI=1S/C11H22O/c1-4-5-6-7-8-11(9-12)10(2)3/h7-8,10-12H,4-6,9H2,1-3H3/b8-7-/t11-/m1/s1. The van der Waals surface area contributed by atoms with Gasteiger partial charge in [-0.15, -0.1) is 0 Å². The molecule has 0 aliphatic rings. The van der Waals surface area contributed by atoms with Gasteiger partial charge in [0.15, 0.2) is 0 Å². The molecule has 1 N–H and O–H groups in total. The van der Waals surface area contributed by atoms with Crippen molar-refractivity contribution >= 4 is 0 Å². The van der Waals surface area contributed by atoms with Crippen LogP contribution in [0.3, 0.4) is 0 Å². The van der Waals surface area contributed by atoms with E-state index >= 15 is 0 Å². The van der Waals surface area contributed by atoms with Gasteiger partial charge in [0.25, 0.3) is 0 Å². The molecule has 0 aliphatic heterocycles. The number of hydrogen-bond donors (Lipinski definition) is 1. The van der Waals surface area contributed by atoms with Crippen LogP contribution >= 0.6 is 0 Å². The topological polar surface area (TPSA) is 20.2 Å². The average molecular weight is 170 g/mol. The Bertz CT molecular complexity index is 116. The van der Waals surface area contributed by atoms with Crippen LogP contribution in [0.1, 0.15) is 40.0 Å². The van der Waals surface area contributed by atoms with E-state index in [0.717, 1.165) is 6.42 Å². The van der Waals surface area contributed by atoms with Crippen molar-refractivity contribution in [2.75, 3.05) is 6.61 Å². The van der Waals surface area contributed by atoms with E-state index in [0.29, 0.717) is 11.8 Å². The monoisotopic (exact) mass is 170 g/mol. The normalized spacial score (nSPS) is 14.4. The van der Waals surface area contributed by atoms with Gasteiger partial charge < -0.3 is 5.11 Å². The lowest BCUT2D eigenvalue weighted by Crippen LogP contribution is -2.09. The van der Waals surface area contributed by atoms with E-state index in [1.807, 2.05) is 0 Å². The molecule has 0 saturated carbocycles. The number of aliphatic hydroxyl groups is 1. The molecule has 0 spiro atoms. The molecule has 12 heavy (non-hydrogen) atoms. The Kier molecular flexibility index (Phi) is 7.17. The van der Waals surface area contributed by atoms with Gasteiger partial charge in [0.05, 0.1) is 0 Å². The summed E-state index contributed by atoms with van der Waals surface area (Å²) in [6.07, 6.45) is 8.01. The molecule has 0 aromatic rings. The molecule has 1 nitrogen and oxygen atoms in total. The van der Waals surface area contributed by atoms with E-state index in [4.69, 9.17) is 5.11 Å². The highest BCUT2D eigenvalue weighted by atomic mass is 16.3. The zero-order chi connectivity index (χ0) is 9.40. The third-order valence-corrected chi connectivity index (χ3v) is 2.17. The SMILES string of the molecule is CCCC/C=C\[C@H](CO)C(C)C. The van der Waals surface area contributed by atoms with Crippen molar-refractivity contribution in [3.63, 3.8) is 0 Å². The molecule has 0 heterocycles. The zero-order valence-electron chi connectivity index (χ0n) is 8.59. The molecular weight excluding hydrogens is 148 g/mol. The molecule has 0 rings (SSSR count). The Morgan fingerprint density at radius 2 is 2.00 bits per heavy atom. The minimum absolute atomic E-state index is 0.278. The number of rotatable bonds is 6. The van der Waals surface area contributed by atoms with E-state index in [2.05, 4.69) is 32.9 Å². The van der Waals surface area contributed by atoms with E-state index in [9.17, 15) is 0 Å². The highest BCUT2D eigenvalue weighted by Crippen LogP contribution is 2.12. The number of unbranched alkanes of at least 4 members (excludes halogenated alkanes) is 2. The lowest BCUT2D eigenvalue weighted by atomic mass is 9.96. The maximum Gasteiger partial charge on any atom is 0.0496 e. The van der Waals surface area contributed by atoms with Gasteiger partial charge in [0.1, 0.15) is 0 Å². The Labute approximate surface area is 76.5 Å². The Hall–Kier alpha value is -0.300. The minimum atomic E-state index is 0.278. The molecule has 0 fully saturated rings. The fourth-order valence-electron chi connectivity index (χ4n) is 1.09. The first-order chi connectivity index (χ1) is 5.72. The molecule has 0 bridgehead atoms. The number of hydrogen-bond acceptors (Lipinski definition) is 1. The van der Waals surface area contributed by atoms with Crippen molar-refractivity contribution in [1.82, 2.24) is 0 Å². The third kappa shape index (κ3) is 5.36. The predicted octanol–water partition coefficient (Wildman–Crippen LogP) is 3.00. The van der Waals surface area contributed by atoms with Gasteiger partial charge in [-0.25, -0.2) is 0 Å². The van der Waals surface area contributed by atoms with Crippen molar-refractivity contribution in [1.29, 1.82) is 0 Å². The first-order valence-corrected chi connectivity index (χ1v) is 4.99. The van der Waals surface area contributed by atoms with Crippen LogP contribution < -0.4 is 0 Å². The largest absolute Gasteiger partial charge is 0.396 e. The van der Waals surface area contributed by atoms with Crippen LogP contribution in [0.5, 0.6) is 0 Å². The summed E-state index contributed by atoms with van der Waals surface area (Å²) in [5, 5.41) is 9.00. The van der Waals surface area contributed by atoms with Crippen molar-refractivity contribution in [2.45, 2.75) is 40.0 Å². The molecule has 1 heteroatoms. The van der Waals surface area contributed by atoms with Crippen LogP contribution in [0.2, 0.25) is 0 Å². The lowest BCUT2D eigenvalue weighted by molar-refractivity contribution is 0.221. The second-order valence-electron chi connectivity index (χ2n) is 3.66. The Morgan fingerprint density at radius 3 is 2.42 bits per heavy atom. The lowest BCUT2D eigenvalue weighted by Gasteiger charge is -2.12. The van der Waals surface area contributed by atoms with Gasteiger partial charge >= 0.3 is 0 Å². The van der Waals surface area contributed by atoms with Crippen LogP contribution in [0.4, 0.5) is 0 Å². The maximum atomic E-state index is 9.00. The molecule has 0 amide bonds. The van der Waals surface area contributed by atoms with Gasteiger partial charge in [-0.3, -0.25) is 0 Å². The fraction of sp³-hybridized carbons (Fsp3) is 0.818. The molecule has 0 aliphatic carbocycles. The minimum Gasteiger partial charge on any atom is -0.396 e. The summed E-state index contributed by atoms with van der Waals surface area (Å²) < 4.78 is 0. The second-order valence-corrected chi connectivity index (χ2v) is 3.66. The molecule has 0 unspecified atom stereocenters. The molecule has 0 radical (unpaired) electrons. The first-order valence-electron chi connectivity index (χ1n) is 4.99. The Balaban J connectivity index is 3.61. The van der Waals surface area contributed by atoms with Crippen LogP contribution in [0.25, 0.3) is 0 Å². The summed E-state index contributed by atoms with van der Waals surface area (Å²) in [4.78, 5) is 0. The highest BCUT2D eigenvalue weighted by Gasteiger charge is 2.06. The maximum absolute atomic E-state index is 9.00. The van der Waals surface area contributed by atoms with E-state index in [1.165, 1.54) is 12.8 Å². The first kappa shape index (κ1) is 11.7. The summed E-state index contributed by atoms with van der Waals surface area (Å²) in [6, 6.07) is 0. The van der Waals surface area contributed by atoms with Crippen molar-refractivity contribution < 1.29 is 5.11 Å². The van der Waals surface area contributed by atoms with Crippen LogP contribution in [-0.4, -0.2) is 11.7 Å². The van der Waals surface area contributed by atoms with Gasteiger partial charge in [0.2, 0.25) is 0 Å². The molecule has 72 valence electrons. The second kappa shape index (κ2) is 7.35. The van der Waals surface area contributed by atoms with Crippen molar-refractivity contribution in [2.24, 2.45) is 11.8 Å². The molecule has 1 atom stereocenters. The third-order valence-electron chi connectivity index (χ3n) is 2.17. The van der Waals surface area contributed by atoms with Gasteiger partial charge in [-0.2, -0.15) is 0 Å². The van der Waals surface area contributed by atoms with E-state index in [-0.39, 0.29) is 6.61 Å². The number of allylic oxidation sites excluding steroid dienone is 1. The van der Waals surface area contributed by atoms with Crippen molar-refractivity contribution in [3.8, 4) is 0 Å². The van der Waals surface area contributed by atoms with Crippen LogP contribution in [0, 0.1) is 11.8 Å². The number of aliphatic hydroxyl groups excluding tert-OH is 1. The summed E-state index contributed by atoms with van der Waals surface area (Å²) in [5.74, 6) is 0.898. The molecule has 0 aromatic carbocycles. The van der Waals surface area contributed by atoms with Crippen molar-refractivity contribution in [3.05, 3.63) is 12.2 Å². The average Bonchev–Trinajstić information content (AvgIpc) is 2.04. The smallest absolute Gasteiger partial charge is 0.0496 e. The molecule has 0 saturated heterocycles. The van der Waals surface area contributed by atoms with E-state index < -0.39 is 0 Å². The van der Waals surface area contributed by atoms with Crippen LogP contribution in [-0.2, 0) is 0 Å². The summed E-state index contributed by atoms with van der Waals surface area (Å²) in [7, 11) is 0. The summed E-state index contributed by atoms with van der Waals surface area (Å²) in [6.45, 7) is 6.76. The molecular formula is C11H22O. The van der Waals surface area contributed by atoms with Gasteiger partial charge in [-0.1, -0.05) is 45.8 Å². The summed E-state index contributed by atoms with van der Waals surface area (Å²) in [5.41, 5.74) is 0. The molecule has 0 aromatic heterocycles. The highest BCUT2D eigenvalue weighted by molar-refractivity contribution is 4.89.